The minimum atomic E-state index is -0.0999. The molecule has 0 bridgehead atoms. The van der Waals surface area contributed by atoms with Crippen LogP contribution in [0.2, 0.25) is 0 Å². The number of rotatable bonds is 6. The lowest BCUT2D eigenvalue weighted by molar-refractivity contribution is 0.104. The van der Waals surface area contributed by atoms with Crippen molar-refractivity contribution in [2.24, 2.45) is 0 Å². The van der Waals surface area contributed by atoms with Crippen LogP contribution >= 0.6 is 0 Å². The topological polar surface area (TPSA) is 39.4 Å². The number of fused-ring (bicyclic) bond motifs is 1. The fourth-order valence-corrected chi connectivity index (χ4v) is 2.34. The summed E-state index contributed by atoms with van der Waals surface area (Å²) in [6.07, 6.45) is 4.11. The Bertz CT molecular complexity index is 810. The van der Waals surface area contributed by atoms with Crippen LogP contribution in [0.1, 0.15) is 29.5 Å². The van der Waals surface area contributed by atoms with E-state index in [2.05, 4.69) is 0 Å². The fraction of sp³-hybridized carbons (Fsp3) is 0.150. The normalized spacial score (nSPS) is 11.2. The van der Waals surface area contributed by atoms with Gasteiger partial charge in [0.2, 0.25) is 0 Å². The molecule has 116 valence electrons. The molecule has 0 N–H and O–H groups in total. The molecule has 3 nitrogen and oxygen atoms in total. The van der Waals surface area contributed by atoms with Gasteiger partial charge in [0, 0.05) is 5.39 Å². The van der Waals surface area contributed by atoms with E-state index in [0.29, 0.717) is 23.7 Å². The van der Waals surface area contributed by atoms with Crippen LogP contribution in [0.3, 0.4) is 0 Å². The van der Waals surface area contributed by atoms with Gasteiger partial charge < -0.3 is 9.15 Å². The summed E-state index contributed by atoms with van der Waals surface area (Å²) in [4.78, 5) is 12.4. The molecule has 0 atom stereocenters. The average molecular weight is 306 g/mol. The molecule has 0 aliphatic carbocycles. The summed E-state index contributed by atoms with van der Waals surface area (Å²) in [5.74, 6) is 1.18. The van der Waals surface area contributed by atoms with Crippen molar-refractivity contribution in [1.82, 2.24) is 0 Å². The van der Waals surface area contributed by atoms with E-state index in [0.717, 1.165) is 17.4 Å². The van der Waals surface area contributed by atoms with Crippen LogP contribution < -0.4 is 4.74 Å². The molecule has 0 spiro atoms. The number of hydrogen-bond acceptors (Lipinski definition) is 3. The summed E-state index contributed by atoms with van der Waals surface area (Å²) < 4.78 is 11.3. The van der Waals surface area contributed by atoms with Crippen molar-refractivity contribution < 1.29 is 13.9 Å². The van der Waals surface area contributed by atoms with Crippen LogP contribution in [0.15, 0.2) is 65.1 Å². The van der Waals surface area contributed by atoms with E-state index in [-0.39, 0.29) is 5.78 Å². The van der Waals surface area contributed by atoms with Gasteiger partial charge in [-0.2, -0.15) is 0 Å². The number of para-hydroxylation sites is 2. The van der Waals surface area contributed by atoms with Gasteiger partial charge in [-0.05, 0) is 42.8 Å². The Kier molecular flexibility index (Phi) is 4.57. The predicted molar refractivity (Wildman–Crippen MR) is 91.8 cm³/mol. The monoisotopic (exact) mass is 306 g/mol. The van der Waals surface area contributed by atoms with Gasteiger partial charge in [0.25, 0.3) is 0 Å². The molecule has 0 amide bonds. The molecule has 0 aliphatic rings. The number of benzene rings is 2. The Morgan fingerprint density at radius 1 is 1.13 bits per heavy atom. The number of ketones is 1. The summed E-state index contributed by atoms with van der Waals surface area (Å²) in [6, 6.07) is 17.0. The molecule has 1 aromatic heterocycles. The molecule has 3 heteroatoms. The zero-order chi connectivity index (χ0) is 16.1. The molecule has 0 unspecified atom stereocenters. The van der Waals surface area contributed by atoms with Crippen LogP contribution in [-0.4, -0.2) is 12.4 Å². The molecule has 2 aromatic carbocycles. The highest BCUT2D eigenvalue weighted by molar-refractivity contribution is 6.08. The van der Waals surface area contributed by atoms with E-state index in [1.807, 2.05) is 55.5 Å². The summed E-state index contributed by atoms with van der Waals surface area (Å²) in [5, 5.41) is 1.02. The minimum Gasteiger partial charge on any atom is -0.493 e. The first-order valence-corrected chi connectivity index (χ1v) is 7.71. The molecular formula is C20H18O3. The first-order chi connectivity index (χ1) is 11.3. The number of carbonyl (C=O) groups is 1. The third-order valence-electron chi connectivity index (χ3n) is 3.46. The van der Waals surface area contributed by atoms with Gasteiger partial charge in [0.15, 0.2) is 5.78 Å². The van der Waals surface area contributed by atoms with Crippen molar-refractivity contribution in [3.8, 4) is 5.75 Å². The highest BCUT2D eigenvalue weighted by Crippen LogP contribution is 2.22. The maximum Gasteiger partial charge on any atom is 0.189 e. The average Bonchev–Trinajstić information content (AvgIpc) is 3.01. The summed E-state index contributed by atoms with van der Waals surface area (Å²) >= 11 is 0. The molecule has 0 saturated heterocycles. The van der Waals surface area contributed by atoms with Gasteiger partial charge in [0.1, 0.15) is 17.1 Å². The number of ether oxygens (including phenoxy) is 1. The molecule has 0 saturated carbocycles. The Morgan fingerprint density at radius 3 is 2.74 bits per heavy atom. The lowest BCUT2D eigenvalue weighted by Gasteiger charge is -2.08. The third kappa shape index (κ3) is 3.51. The van der Waals surface area contributed by atoms with Crippen molar-refractivity contribution >= 4 is 22.8 Å². The van der Waals surface area contributed by atoms with Crippen molar-refractivity contribution in [3.63, 3.8) is 0 Å². The second-order valence-corrected chi connectivity index (χ2v) is 5.23. The van der Waals surface area contributed by atoms with E-state index < -0.39 is 0 Å². The Balaban J connectivity index is 1.81. The Morgan fingerprint density at radius 2 is 1.91 bits per heavy atom. The molecule has 0 aliphatic heterocycles. The number of carbonyl (C=O) groups excluding carboxylic acids is 1. The van der Waals surface area contributed by atoms with Gasteiger partial charge in [-0.1, -0.05) is 37.3 Å². The fourth-order valence-electron chi connectivity index (χ4n) is 2.34. The Hall–Kier alpha value is -2.81. The smallest absolute Gasteiger partial charge is 0.189 e. The summed E-state index contributed by atoms with van der Waals surface area (Å²) in [6.45, 7) is 2.63. The number of allylic oxidation sites excluding steroid dienone is 1. The van der Waals surface area contributed by atoms with Crippen LogP contribution in [-0.2, 0) is 0 Å². The molecule has 3 aromatic rings. The van der Waals surface area contributed by atoms with Gasteiger partial charge in [-0.3, -0.25) is 4.79 Å². The van der Waals surface area contributed by atoms with Crippen LogP contribution in [0.5, 0.6) is 5.75 Å². The lowest BCUT2D eigenvalue weighted by atomic mass is 10.1. The van der Waals surface area contributed by atoms with Crippen LogP contribution in [0, 0.1) is 0 Å². The second kappa shape index (κ2) is 6.97. The van der Waals surface area contributed by atoms with Crippen molar-refractivity contribution in [2.45, 2.75) is 13.3 Å². The summed E-state index contributed by atoms with van der Waals surface area (Å²) in [5.41, 5.74) is 1.37. The predicted octanol–water partition coefficient (Wildman–Crippen LogP) is 5.12. The van der Waals surface area contributed by atoms with Gasteiger partial charge in [0.05, 0.1) is 12.2 Å². The van der Waals surface area contributed by atoms with E-state index in [9.17, 15) is 4.79 Å². The molecule has 0 radical (unpaired) electrons. The molecule has 3 rings (SSSR count). The largest absolute Gasteiger partial charge is 0.493 e. The zero-order valence-corrected chi connectivity index (χ0v) is 13.0. The molecule has 1 heterocycles. The quantitative estimate of drug-likeness (QED) is 0.469. The van der Waals surface area contributed by atoms with E-state index in [1.165, 1.54) is 6.08 Å². The van der Waals surface area contributed by atoms with Crippen LogP contribution in [0.25, 0.3) is 17.0 Å². The van der Waals surface area contributed by atoms with Gasteiger partial charge in [-0.25, -0.2) is 0 Å². The highest BCUT2D eigenvalue weighted by Gasteiger charge is 2.09. The second-order valence-electron chi connectivity index (χ2n) is 5.23. The van der Waals surface area contributed by atoms with E-state index >= 15 is 0 Å². The third-order valence-corrected chi connectivity index (χ3v) is 3.46. The molecule has 23 heavy (non-hydrogen) atoms. The van der Waals surface area contributed by atoms with Crippen molar-refractivity contribution in [3.05, 3.63) is 72.0 Å². The SMILES string of the molecule is CCCOc1ccccc1C(=O)/C=C/c1cc2ccccc2o1. The van der Waals surface area contributed by atoms with E-state index in [4.69, 9.17) is 9.15 Å². The van der Waals surface area contributed by atoms with Crippen molar-refractivity contribution in [2.75, 3.05) is 6.61 Å². The lowest BCUT2D eigenvalue weighted by Crippen LogP contribution is -2.02. The first kappa shape index (κ1) is 15.1. The van der Waals surface area contributed by atoms with Gasteiger partial charge >= 0.3 is 0 Å². The molecule has 0 fully saturated rings. The Labute approximate surface area is 135 Å². The molecular weight excluding hydrogens is 288 g/mol. The minimum absolute atomic E-state index is 0.0999. The first-order valence-electron chi connectivity index (χ1n) is 7.71. The number of hydrogen-bond donors (Lipinski definition) is 0. The standard InChI is InChI=1S/C20H18O3/c1-2-13-22-20-10-6-4-8-17(20)18(21)12-11-16-14-15-7-3-5-9-19(15)23-16/h3-12,14H,2,13H2,1H3/b12-11+. The maximum absolute atomic E-state index is 12.4. The van der Waals surface area contributed by atoms with Crippen LogP contribution in [0.4, 0.5) is 0 Å². The number of furan rings is 1. The zero-order valence-electron chi connectivity index (χ0n) is 13.0. The van der Waals surface area contributed by atoms with Crippen molar-refractivity contribution in [1.29, 1.82) is 0 Å². The summed E-state index contributed by atoms with van der Waals surface area (Å²) in [7, 11) is 0. The highest BCUT2D eigenvalue weighted by atomic mass is 16.5. The maximum atomic E-state index is 12.4. The van der Waals surface area contributed by atoms with E-state index in [1.54, 1.807) is 12.1 Å². The van der Waals surface area contributed by atoms with Gasteiger partial charge in [-0.15, -0.1) is 0 Å².